The van der Waals surface area contributed by atoms with Gasteiger partial charge in [-0.25, -0.2) is 0 Å². The molecular formula is C14H25N3O2. The Labute approximate surface area is 115 Å². The standard InChI is InChI=1S/C14H25N3O2/c1-18-10-9-15-11-13-16-14(17-19-13)12-7-5-3-2-4-6-8-12/h12,15H,2-11H2,1H3. The summed E-state index contributed by atoms with van der Waals surface area (Å²) >= 11 is 0. The Bertz CT molecular complexity index is 346. The maximum atomic E-state index is 5.31. The van der Waals surface area contributed by atoms with Crippen LogP contribution in [0.5, 0.6) is 0 Å². The summed E-state index contributed by atoms with van der Waals surface area (Å²) in [5, 5.41) is 7.37. The second-order valence-corrected chi connectivity index (χ2v) is 5.26. The van der Waals surface area contributed by atoms with Crippen LogP contribution in [0.2, 0.25) is 0 Å². The molecular weight excluding hydrogens is 242 g/mol. The van der Waals surface area contributed by atoms with Gasteiger partial charge in [0.25, 0.3) is 0 Å². The van der Waals surface area contributed by atoms with E-state index in [1.165, 1.54) is 44.9 Å². The van der Waals surface area contributed by atoms with Crippen molar-refractivity contribution in [2.75, 3.05) is 20.3 Å². The van der Waals surface area contributed by atoms with Crippen molar-refractivity contribution in [1.82, 2.24) is 15.5 Å². The molecule has 0 unspecified atom stereocenters. The Kier molecular flexibility index (Phi) is 6.30. The molecule has 0 aliphatic heterocycles. The number of hydrogen-bond acceptors (Lipinski definition) is 5. The first-order chi connectivity index (χ1) is 9.40. The molecule has 5 nitrogen and oxygen atoms in total. The molecule has 5 heteroatoms. The van der Waals surface area contributed by atoms with Gasteiger partial charge in [-0.05, 0) is 12.8 Å². The number of nitrogens with one attached hydrogen (secondary N) is 1. The molecule has 0 aromatic carbocycles. The molecule has 0 atom stereocenters. The second-order valence-electron chi connectivity index (χ2n) is 5.26. The zero-order chi connectivity index (χ0) is 13.3. The van der Waals surface area contributed by atoms with Gasteiger partial charge in [0.05, 0.1) is 13.2 Å². The van der Waals surface area contributed by atoms with E-state index in [9.17, 15) is 0 Å². The highest BCUT2D eigenvalue weighted by molar-refractivity contribution is 4.95. The van der Waals surface area contributed by atoms with E-state index in [2.05, 4.69) is 15.5 Å². The summed E-state index contributed by atoms with van der Waals surface area (Å²) in [5.74, 6) is 2.09. The fraction of sp³-hybridized carbons (Fsp3) is 0.857. The molecule has 0 spiro atoms. The minimum Gasteiger partial charge on any atom is -0.383 e. The molecule has 1 aromatic heterocycles. The fourth-order valence-electron chi connectivity index (χ4n) is 2.59. The van der Waals surface area contributed by atoms with E-state index in [1.54, 1.807) is 7.11 Å². The molecule has 0 amide bonds. The maximum absolute atomic E-state index is 5.31. The summed E-state index contributed by atoms with van der Waals surface area (Å²) < 4.78 is 10.3. The molecule has 1 aromatic rings. The first-order valence-electron chi connectivity index (χ1n) is 7.42. The molecule has 108 valence electrons. The highest BCUT2D eigenvalue weighted by atomic mass is 16.5. The molecule has 1 N–H and O–H groups in total. The van der Waals surface area contributed by atoms with E-state index in [0.717, 1.165) is 12.4 Å². The van der Waals surface area contributed by atoms with Gasteiger partial charge in [0.1, 0.15) is 0 Å². The van der Waals surface area contributed by atoms with Gasteiger partial charge in [-0.3, -0.25) is 0 Å². The van der Waals surface area contributed by atoms with Crippen molar-refractivity contribution in [3.8, 4) is 0 Å². The lowest BCUT2D eigenvalue weighted by Gasteiger charge is -2.15. The summed E-state index contributed by atoms with van der Waals surface area (Å²) in [7, 11) is 1.70. The number of hydrogen-bond donors (Lipinski definition) is 1. The van der Waals surface area contributed by atoms with E-state index >= 15 is 0 Å². The van der Waals surface area contributed by atoms with Gasteiger partial charge < -0.3 is 14.6 Å². The normalized spacial score (nSPS) is 18.2. The van der Waals surface area contributed by atoms with Gasteiger partial charge in [-0.15, -0.1) is 0 Å². The van der Waals surface area contributed by atoms with Crippen LogP contribution in [0.3, 0.4) is 0 Å². The third kappa shape index (κ3) is 4.91. The zero-order valence-corrected chi connectivity index (χ0v) is 11.9. The van der Waals surface area contributed by atoms with Crippen molar-refractivity contribution in [2.24, 2.45) is 0 Å². The molecule has 2 rings (SSSR count). The summed E-state index contributed by atoms with van der Waals surface area (Å²) in [6.07, 6.45) is 9.07. The third-order valence-electron chi connectivity index (χ3n) is 3.71. The molecule has 1 heterocycles. The Morgan fingerprint density at radius 1 is 1.21 bits per heavy atom. The van der Waals surface area contributed by atoms with Crippen LogP contribution < -0.4 is 5.32 Å². The number of nitrogens with zero attached hydrogens (tertiary/aromatic N) is 2. The van der Waals surface area contributed by atoms with E-state index in [4.69, 9.17) is 9.26 Å². The molecule has 1 aliphatic rings. The minimum atomic E-state index is 0.497. The monoisotopic (exact) mass is 267 g/mol. The molecule has 0 bridgehead atoms. The summed E-state index contributed by atoms with van der Waals surface area (Å²) in [4.78, 5) is 4.52. The average Bonchev–Trinajstić information content (AvgIpc) is 2.83. The van der Waals surface area contributed by atoms with E-state index < -0.39 is 0 Å². The van der Waals surface area contributed by atoms with Crippen LogP contribution in [-0.2, 0) is 11.3 Å². The van der Waals surface area contributed by atoms with Crippen LogP contribution in [0, 0.1) is 0 Å². The van der Waals surface area contributed by atoms with Crippen molar-refractivity contribution in [1.29, 1.82) is 0 Å². The van der Waals surface area contributed by atoms with Crippen molar-refractivity contribution >= 4 is 0 Å². The highest BCUT2D eigenvalue weighted by Crippen LogP contribution is 2.28. The van der Waals surface area contributed by atoms with Gasteiger partial charge in [0.15, 0.2) is 5.82 Å². The van der Waals surface area contributed by atoms with Crippen molar-refractivity contribution in [3.05, 3.63) is 11.7 Å². The first-order valence-corrected chi connectivity index (χ1v) is 7.42. The summed E-state index contributed by atoms with van der Waals surface area (Å²) in [5.41, 5.74) is 0. The predicted molar refractivity (Wildman–Crippen MR) is 72.9 cm³/mol. The third-order valence-corrected chi connectivity index (χ3v) is 3.71. The number of aromatic nitrogens is 2. The van der Waals surface area contributed by atoms with Gasteiger partial charge in [0.2, 0.25) is 5.89 Å². The van der Waals surface area contributed by atoms with E-state index in [1.807, 2.05) is 0 Å². The van der Waals surface area contributed by atoms with Crippen LogP contribution in [0.15, 0.2) is 4.52 Å². The lowest BCUT2D eigenvalue weighted by Crippen LogP contribution is -2.18. The Balaban J connectivity index is 1.81. The van der Waals surface area contributed by atoms with E-state index in [0.29, 0.717) is 25.0 Å². The quantitative estimate of drug-likeness (QED) is 0.803. The molecule has 0 saturated heterocycles. The van der Waals surface area contributed by atoms with Crippen LogP contribution >= 0.6 is 0 Å². The SMILES string of the molecule is COCCNCc1nc(C2CCCCCCC2)no1. The molecule has 19 heavy (non-hydrogen) atoms. The van der Waals surface area contributed by atoms with Gasteiger partial charge >= 0.3 is 0 Å². The van der Waals surface area contributed by atoms with Crippen molar-refractivity contribution in [3.63, 3.8) is 0 Å². The van der Waals surface area contributed by atoms with Crippen molar-refractivity contribution < 1.29 is 9.26 Å². The highest BCUT2D eigenvalue weighted by Gasteiger charge is 2.19. The van der Waals surface area contributed by atoms with Crippen LogP contribution in [0.25, 0.3) is 0 Å². The molecule has 1 saturated carbocycles. The Morgan fingerprint density at radius 2 is 1.95 bits per heavy atom. The Hall–Kier alpha value is -0.940. The molecule has 0 radical (unpaired) electrons. The zero-order valence-electron chi connectivity index (χ0n) is 11.9. The lowest BCUT2D eigenvalue weighted by molar-refractivity contribution is 0.197. The summed E-state index contributed by atoms with van der Waals surface area (Å²) in [6, 6.07) is 0. The first kappa shape index (κ1) is 14.5. The predicted octanol–water partition coefficient (Wildman–Crippen LogP) is 2.63. The van der Waals surface area contributed by atoms with Gasteiger partial charge in [-0.2, -0.15) is 4.98 Å². The summed E-state index contributed by atoms with van der Waals surface area (Å²) in [6.45, 7) is 2.13. The topological polar surface area (TPSA) is 60.2 Å². The molecule has 1 fully saturated rings. The van der Waals surface area contributed by atoms with Crippen molar-refractivity contribution in [2.45, 2.75) is 57.4 Å². The largest absolute Gasteiger partial charge is 0.383 e. The molecule has 1 aliphatic carbocycles. The van der Waals surface area contributed by atoms with E-state index in [-0.39, 0.29) is 0 Å². The number of rotatable bonds is 6. The van der Waals surface area contributed by atoms with Crippen LogP contribution in [-0.4, -0.2) is 30.4 Å². The van der Waals surface area contributed by atoms with Crippen LogP contribution in [0.4, 0.5) is 0 Å². The van der Waals surface area contributed by atoms with Gasteiger partial charge in [0, 0.05) is 19.6 Å². The second kappa shape index (κ2) is 8.27. The average molecular weight is 267 g/mol. The number of methoxy groups -OCH3 is 1. The number of ether oxygens (including phenoxy) is 1. The smallest absolute Gasteiger partial charge is 0.240 e. The van der Waals surface area contributed by atoms with Gasteiger partial charge in [-0.1, -0.05) is 37.3 Å². The maximum Gasteiger partial charge on any atom is 0.240 e. The fourth-order valence-corrected chi connectivity index (χ4v) is 2.59. The Morgan fingerprint density at radius 3 is 2.68 bits per heavy atom. The minimum absolute atomic E-state index is 0.497. The van der Waals surface area contributed by atoms with Crippen LogP contribution in [0.1, 0.15) is 62.6 Å². The lowest BCUT2D eigenvalue weighted by atomic mass is 9.91.